The number of imidazole rings is 1. The summed E-state index contributed by atoms with van der Waals surface area (Å²) >= 11 is 1.50. The third-order valence-corrected chi connectivity index (χ3v) is 4.21. The van der Waals surface area contributed by atoms with Crippen LogP contribution < -0.4 is 5.73 Å². The van der Waals surface area contributed by atoms with Gasteiger partial charge in [-0.3, -0.25) is 5.41 Å². The number of H-pyrrole nitrogens is 1. The topological polar surface area (TPSA) is 78.5 Å². The Morgan fingerprint density at radius 3 is 2.62 bits per heavy atom. The fraction of sp³-hybridized carbons (Fsp3) is 0.125. The highest BCUT2D eigenvalue weighted by atomic mass is 32.2. The molecule has 3 aromatic rings. The Morgan fingerprint density at radius 2 is 1.86 bits per heavy atom. The van der Waals surface area contributed by atoms with E-state index in [0.717, 1.165) is 32.2 Å². The summed E-state index contributed by atoms with van der Waals surface area (Å²) in [5.41, 5.74) is 10.7. The van der Waals surface area contributed by atoms with Crippen LogP contribution in [0, 0.1) is 19.3 Å². The van der Waals surface area contributed by atoms with Crippen molar-refractivity contribution in [2.75, 3.05) is 0 Å². The van der Waals surface area contributed by atoms with Crippen LogP contribution in [0.4, 0.5) is 0 Å². The predicted molar refractivity (Wildman–Crippen MR) is 87.1 cm³/mol. The Hall–Kier alpha value is -2.27. The molecule has 1 aromatic heterocycles. The van der Waals surface area contributed by atoms with Gasteiger partial charge < -0.3 is 10.7 Å². The molecule has 5 heteroatoms. The van der Waals surface area contributed by atoms with E-state index in [2.05, 4.69) is 23.0 Å². The second-order valence-corrected chi connectivity index (χ2v) is 6.11. The Labute approximate surface area is 127 Å². The first-order chi connectivity index (χ1) is 10.0. The smallest absolute Gasteiger partial charge is 0.171 e. The molecular weight excluding hydrogens is 280 g/mol. The molecule has 0 atom stereocenters. The fourth-order valence-electron chi connectivity index (χ4n) is 2.20. The summed E-state index contributed by atoms with van der Waals surface area (Å²) in [5, 5.41) is 8.52. The molecule has 2 aromatic carbocycles. The molecule has 0 saturated heterocycles. The van der Waals surface area contributed by atoms with Crippen molar-refractivity contribution in [1.29, 1.82) is 5.41 Å². The van der Waals surface area contributed by atoms with Crippen LogP contribution in [0.25, 0.3) is 11.0 Å². The summed E-state index contributed by atoms with van der Waals surface area (Å²) < 4.78 is 0. The maximum Gasteiger partial charge on any atom is 0.171 e. The van der Waals surface area contributed by atoms with E-state index in [-0.39, 0.29) is 5.84 Å². The number of nitrogens with zero attached hydrogens (tertiary/aromatic N) is 1. The van der Waals surface area contributed by atoms with Crippen LogP contribution in [0.2, 0.25) is 0 Å². The van der Waals surface area contributed by atoms with Gasteiger partial charge in [0.1, 0.15) is 5.84 Å². The zero-order valence-corrected chi connectivity index (χ0v) is 12.7. The van der Waals surface area contributed by atoms with E-state index >= 15 is 0 Å². The molecule has 106 valence electrons. The summed E-state index contributed by atoms with van der Waals surface area (Å²) in [6, 6.07) is 12.1. The molecule has 3 rings (SSSR count). The molecular formula is C16H16N4S. The maximum absolute atomic E-state index is 7.71. The third-order valence-electron chi connectivity index (χ3n) is 3.25. The number of aromatic amines is 1. The summed E-state index contributed by atoms with van der Waals surface area (Å²) in [6.07, 6.45) is 0. The number of nitrogen functional groups attached to an aromatic ring is 1. The van der Waals surface area contributed by atoms with Gasteiger partial charge >= 0.3 is 0 Å². The SMILES string of the molecule is Cc1ccc(Sc2nc3ccc(C)cc3[nH]2)c(C(=N)N)c1. The number of nitrogens with two attached hydrogens (primary N) is 1. The average molecular weight is 296 g/mol. The van der Waals surface area contributed by atoms with Crippen molar-refractivity contribution in [3.05, 3.63) is 53.1 Å². The summed E-state index contributed by atoms with van der Waals surface area (Å²) in [7, 11) is 0. The number of fused-ring (bicyclic) bond motifs is 1. The van der Waals surface area contributed by atoms with E-state index in [1.54, 1.807) is 0 Å². The van der Waals surface area contributed by atoms with Gasteiger partial charge in [-0.05, 0) is 43.7 Å². The lowest BCUT2D eigenvalue weighted by atomic mass is 10.1. The molecule has 0 unspecified atom stereocenters. The van der Waals surface area contributed by atoms with Crippen molar-refractivity contribution in [3.63, 3.8) is 0 Å². The summed E-state index contributed by atoms with van der Waals surface area (Å²) in [4.78, 5) is 8.81. The van der Waals surface area contributed by atoms with Crippen LogP contribution >= 0.6 is 11.8 Å². The molecule has 0 radical (unpaired) electrons. The molecule has 21 heavy (non-hydrogen) atoms. The molecule has 0 aliphatic carbocycles. The van der Waals surface area contributed by atoms with Gasteiger partial charge in [0.25, 0.3) is 0 Å². The van der Waals surface area contributed by atoms with E-state index in [4.69, 9.17) is 11.1 Å². The molecule has 0 bridgehead atoms. The van der Waals surface area contributed by atoms with E-state index < -0.39 is 0 Å². The second kappa shape index (κ2) is 5.26. The van der Waals surface area contributed by atoms with Gasteiger partial charge in [-0.2, -0.15) is 0 Å². The Morgan fingerprint density at radius 1 is 1.14 bits per heavy atom. The minimum absolute atomic E-state index is 0.0770. The number of aromatic nitrogens is 2. The number of amidine groups is 1. The Balaban J connectivity index is 2.00. The number of benzene rings is 2. The molecule has 0 fully saturated rings. The Bertz CT molecular complexity index is 835. The molecule has 0 amide bonds. The van der Waals surface area contributed by atoms with Gasteiger partial charge in [0.05, 0.1) is 11.0 Å². The van der Waals surface area contributed by atoms with Crippen LogP contribution in [0.15, 0.2) is 46.5 Å². The van der Waals surface area contributed by atoms with Gasteiger partial charge in [-0.15, -0.1) is 0 Å². The van der Waals surface area contributed by atoms with E-state index in [0.29, 0.717) is 0 Å². The number of nitrogens with one attached hydrogen (secondary N) is 2. The molecule has 0 spiro atoms. The van der Waals surface area contributed by atoms with Crippen molar-refractivity contribution < 1.29 is 0 Å². The lowest BCUT2D eigenvalue weighted by Crippen LogP contribution is -2.12. The molecule has 4 N–H and O–H groups in total. The molecule has 4 nitrogen and oxygen atoms in total. The lowest BCUT2D eigenvalue weighted by Gasteiger charge is -2.07. The zero-order chi connectivity index (χ0) is 15.0. The highest BCUT2D eigenvalue weighted by Crippen LogP contribution is 2.30. The molecule has 0 aliphatic rings. The van der Waals surface area contributed by atoms with Gasteiger partial charge in [-0.25, -0.2) is 4.98 Å². The average Bonchev–Trinajstić information content (AvgIpc) is 2.82. The molecule has 0 saturated carbocycles. The van der Waals surface area contributed by atoms with Crippen molar-refractivity contribution in [3.8, 4) is 0 Å². The standard InChI is InChI=1S/C16H16N4S/c1-9-4-6-14(11(7-9)15(17)18)21-16-19-12-5-3-10(2)8-13(12)20-16/h3-8H,1-2H3,(H3,17,18)(H,19,20). The highest BCUT2D eigenvalue weighted by molar-refractivity contribution is 7.99. The maximum atomic E-state index is 7.71. The lowest BCUT2D eigenvalue weighted by molar-refractivity contribution is 1.08. The third kappa shape index (κ3) is 2.78. The van der Waals surface area contributed by atoms with Gasteiger partial charge in [0, 0.05) is 10.5 Å². The van der Waals surface area contributed by atoms with E-state index in [1.807, 2.05) is 37.3 Å². The quantitative estimate of drug-likeness (QED) is 0.510. The van der Waals surface area contributed by atoms with E-state index in [9.17, 15) is 0 Å². The van der Waals surface area contributed by atoms with Crippen molar-refractivity contribution >= 4 is 28.6 Å². The monoisotopic (exact) mass is 296 g/mol. The van der Waals surface area contributed by atoms with Crippen LogP contribution in [-0.4, -0.2) is 15.8 Å². The van der Waals surface area contributed by atoms with Crippen LogP contribution in [0.5, 0.6) is 0 Å². The number of aryl methyl sites for hydroxylation is 2. The molecule has 1 heterocycles. The van der Waals surface area contributed by atoms with Crippen LogP contribution in [0.3, 0.4) is 0 Å². The largest absolute Gasteiger partial charge is 0.384 e. The van der Waals surface area contributed by atoms with Crippen molar-refractivity contribution in [2.45, 2.75) is 23.9 Å². The van der Waals surface area contributed by atoms with Crippen LogP contribution in [-0.2, 0) is 0 Å². The number of hydrogen-bond acceptors (Lipinski definition) is 3. The fourth-order valence-corrected chi connectivity index (χ4v) is 3.12. The first kappa shape index (κ1) is 13.7. The number of rotatable bonds is 3. The van der Waals surface area contributed by atoms with E-state index in [1.165, 1.54) is 17.3 Å². The van der Waals surface area contributed by atoms with Gasteiger partial charge in [0.15, 0.2) is 5.16 Å². The zero-order valence-electron chi connectivity index (χ0n) is 11.9. The summed E-state index contributed by atoms with van der Waals surface area (Å²) in [6.45, 7) is 4.05. The predicted octanol–water partition coefficient (Wildman–Crippen LogP) is 3.62. The van der Waals surface area contributed by atoms with Crippen molar-refractivity contribution in [2.24, 2.45) is 5.73 Å². The van der Waals surface area contributed by atoms with Gasteiger partial charge in [-0.1, -0.05) is 29.5 Å². The highest BCUT2D eigenvalue weighted by Gasteiger charge is 2.10. The second-order valence-electron chi connectivity index (χ2n) is 5.08. The minimum atomic E-state index is 0.0770. The molecule has 0 aliphatic heterocycles. The summed E-state index contributed by atoms with van der Waals surface area (Å²) in [5.74, 6) is 0.0770. The number of hydrogen-bond donors (Lipinski definition) is 3. The van der Waals surface area contributed by atoms with Crippen molar-refractivity contribution in [1.82, 2.24) is 9.97 Å². The Kier molecular flexibility index (Phi) is 3.43. The minimum Gasteiger partial charge on any atom is -0.384 e. The van der Waals surface area contributed by atoms with Crippen LogP contribution in [0.1, 0.15) is 16.7 Å². The first-order valence-corrected chi connectivity index (χ1v) is 7.44. The first-order valence-electron chi connectivity index (χ1n) is 6.62. The normalized spacial score (nSPS) is 11.0. The van der Waals surface area contributed by atoms with Gasteiger partial charge in [0.2, 0.25) is 0 Å².